The van der Waals surface area contributed by atoms with E-state index < -0.39 is 5.82 Å². The molecule has 0 spiro atoms. The zero-order valence-electron chi connectivity index (χ0n) is 9.35. The Bertz CT molecular complexity index is 607. The van der Waals surface area contributed by atoms with Gasteiger partial charge >= 0.3 is 0 Å². The fourth-order valence-electron chi connectivity index (χ4n) is 1.55. The van der Waals surface area contributed by atoms with E-state index in [1.165, 1.54) is 16.8 Å². The molecule has 4 nitrogen and oxygen atoms in total. The van der Waals surface area contributed by atoms with Crippen molar-refractivity contribution in [2.45, 2.75) is 13.5 Å². The van der Waals surface area contributed by atoms with Crippen LogP contribution in [-0.4, -0.2) is 9.78 Å². The minimum absolute atomic E-state index is 0.0724. The molecule has 0 unspecified atom stereocenters. The molecular weight excluding hydrogens is 221 g/mol. The third-order valence-electron chi connectivity index (χ3n) is 2.43. The van der Waals surface area contributed by atoms with Crippen LogP contribution in [0.4, 0.5) is 10.1 Å². The summed E-state index contributed by atoms with van der Waals surface area (Å²) in [6, 6.07) is 7.74. The van der Waals surface area contributed by atoms with Crippen molar-refractivity contribution < 1.29 is 4.39 Å². The Morgan fingerprint density at radius 1 is 1.35 bits per heavy atom. The zero-order valence-corrected chi connectivity index (χ0v) is 9.35. The highest BCUT2D eigenvalue weighted by Crippen LogP contribution is 2.14. The molecular formula is C12H12FN3O. The number of anilines is 1. The Hall–Kier alpha value is -2.17. The van der Waals surface area contributed by atoms with E-state index in [4.69, 9.17) is 5.73 Å². The zero-order chi connectivity index (χ0) is 12.4. The first-order chi connectivity index (χ1) is 8.08. The number of nitrogens with zero attached hydrogens (tertiary/aromatic N) is 2. The van der Waals surface area contributed by atoms with E-state index in [-0.39, 0.29) is 17.8 Å². The maximum absolute atomic E-state index is 13.7. The van der Waals surface area contributed by atoms with Gasteiger partial charge in [0.25, 0.3) is 5.56 Å². The number of hydrogen-bond acceptors (Lipinski definition) is 3. The summed E-state index contributed by atoms with van der Waals surface area (Å²) in [6.45, 7) is 1.85. The fourth-order valence-corrected chi connectivity index (χ4v) is 1.55. The van der Waals surface area contributed by atoms with E-state index in [2.05, 4.69) is 5.10 Å². The van der Waals surface area contributed by atoms with Crippen LogP contribution < -0.4 is 11.3 Å². The van der Waals surface area contributed by atoms with Crippen LogP contribution >= 0.6 is 0 Å². The first-order valence-corrected chi connectivity index (χ1v) is 5.15. The number of benzene rings is 1. The molecule has 0 aliphatic rings. The summed E-state index contributed by atoms with van der Waals surface area (Å²) in [7, 11) is 0. The molecule has 2 aromatic rings. The minimum Gasteiger partial charge on any atom is -0.396 e. The van der Waals surface area contributed by atoms with Gasteiger partial charge in [-0.05, 0) is 19.1 Å². The molecule has 0 fully saturated rings. The van der Waals surface area contributed by atoms with Crippen LogP contribution in [0, 0.1) is 12.7 Å². The quantitative estimate of drug-likeness (QED) is 0.796. The van der Waals surface area contributed by atoms with Gasteiger partial charge in [-0.15, -0.1) is 0 Å². The van der Waals surface area contributed by atoms with Gasteiger partial charge in [0, 0.05) is 11.6 Å². The van der Waals surface area contributed by atoms with E-state index in [0.717, 1.165) is 0 Å². The normalized spacial score (nSPS) is 10.5. The molecule has 0 amide bonds. The second-order valence-electron chi connectivity index (χ2n) is 3.79. The summed E-state index contributed by atoms with van der Waals surface area (Å²) in [5, 5.41) is 4.04. The lowest BCUT2D eigenvalue weighted by molar-refractivity contribution is 0.571. The Morgan fingerprint density at radius 2 is 2.12 bits per heavy atom. The molecule has 2 N–H and O–H groups in total. The molecule has 0 bridgehead atoms. The van der Waals surface area contributed by atoms with Crippen LogP contribution in [0.25, 0.3) is 0 Å². The number of aromatic nitrogens is 2. The van der Waals surface area contributed by atoms with E-state index in [1.807, 2.05) is 0 Å². The Labute approximate surface area is 97.5 Å². The summed E-state index contributed by atoms with van der Waals surface area (Å²) >= 11 is 0. The molecule has 0 saturated carbocycles. The smallest absolute Gasteiger partial charge is 0.267 e. The van der Waals surface area contributed by atoms with Crippen molar-refractivity contribution in [3.8, 4) is 0 Å². The summed E-state index contributed by atoms with van der Waals surface area (Å²) in [4.78, 5) is 11.5. The van der Waals surface area contributed by atoms with Crippen LogP contribution in [0.3, 0.4) is 0 Å². The second kappa shape index (κ2) is 4.37. The fraction of sp³-hybridized carbons (Fsp3) is 0.167. The van der Waals surface area contributed by atoms with Gasteiger partial charge in [0.1, 0.15) is 0 Å². The molecule has 17 heavy (non-hydrogen) atoms. The maximum atomic E-state index is 13.7. The predicted octanol–water partition coefficient (Wildman–Crippen LogP) is 1.32. The summed E-state index contributed by atoms with van der Waals surface area (Å²) in [5.74, 6) is -0.497. The molecule has 0 aliphatic carbocycles. The van der Waals surface area contributed by atoms with E-state index in [9.17, 15) is 9.18 Å². The van der Waals surface area contributed by atoms with Crippen molar-refractivity contribution in [1.82, 2.24) is 9.78 Å². The van der Waals surface area contributed by atoms with Crippen molar-refractivity contribution >= 4 is 5.69 Å². The van der Waals surface area contributed by atoms with Gasteiger partial charge in [-0.3, -0.25) is 4.79 Å². The average Bonchev–Trinajstić information content (AvgIpc) is 2.30. The standard InChI is InChI=1S/C12H12FN3O/c1-8-5-6-11(17)16(15-8)7-9-3-2-4-10(14)12(9)13/h2-6H,7,14H2,1H3. The van der Waals surface area contributed by atoms with Gasteiger partial charge in [-0.2, -0.15) is 5.10 Å². The summed E-state index contributed by atoms with van der Waals surface area (Å²) in [5.41, 5.74) is 6.32. The number of nitrogens with two attached hydrogens (primary N) is 1. The van der Waals surface area contributed by atoms with Crippen LogP contribution in [-0.2, 0) is 6.54 Å². The molecule has 1 heterocycles. The van der Waals surface area contributed by atoms with E-state index in [0.29, 0.717) is 11.3 Å². The van der Waals surface area contributed by atoms with Gasteiger partial charge in [-0.1, -0.05) is 12.1 Å². The van der Waals surface area contributed by atoms with Crippen molar-refractivity contribution in [2.75, 3.05) is 5.73 Å². The Balaban J connectivity index is 2.41. The SMILES string of the molecule is Cc1ccc(=O)n(Cc2cccc(N)c2F)n1. The third-order valence-corrected chi connectivity index (χ3v) is 2.43. The van der Waals surface area contributed by atoms with Crippen LogP contribution in [0.2, 0.25) is 0 Å². The van der Waals surface area contributed by atoms with Gasteiger partial charge in [-0.25, -0.2) is 9.07 Å². The van der Waals surface area contributed by atoms with Gasteiger partial charge in [0.15, 0.2) is 5.82 Å². The highest BCUT2D eigenvalue weighted by atomic mass is 19.1. The lowest BCUT2D eigenvalue weighted by atomic mass is 10.2. The molecule has 2 rings (SSSR count). The Kier molecular flexibility index (Phi) is 2.91. The molecule has 0 atom stereocenters. The highest BCUT2D eigenvalue weighted by Gasteiger charge is 2.07. The summed E-state index contributed by atoms with van der Waals surface area (Å²) in [6.07, 6.45) is 0. The van der Waals surface area contributed by atoms with E-state index >= 15 is 0 Å². The molecule has 1 aromatic heterocycles. The molecule has 1 aromatic carbocycles. The number of hydrogen-bond donors (Lipinski definition) is 1. The van der Waals surface area contributed by atoms with Crippen molar-refractivity contribution in [2.24, 2.45) is 0 Å². The van der Waals surface area contributed by atoms with Gasteiger partial charge < -0.3 is 5.73 Å². The van der Waals surface area contributed by atoms with Crippen molar-refractivity contribution in [1.29, 1.82) is 0 Å². The Morgan fingerprint density at radius 3 is 2.88 bits per heavy atom. The third kappa shape index (κ3) is 2.33. The molecule has 0 aliphatic heterocycles. The second-order valence-corrected chi connectivity index (χ2v) is 3.79. The van der Waals surface area contributed by atoms with Gasteiger partial charge in [0.2, 0.25) is 0 Å². The van der Waals surface area contributed by atoms with Crippen molar-refractivity contribution in [3.63, 3.8) is 0 Å². The molecule has 5 heteroatoms. The van der Waals surface area contributed by atoms with E-state index in [1.54, 1.807) is 25.1 Å². The number of nitrogen functional groups attached to an aromatic ring is 1. The lowest BCUT2D eigenvalue weighted by Crippen LogP contribution is -2.23. The lowest BCUT2D eigenvalue weighted by Gasteiger charge is -2.07. The largest absolute Gasteiger partial charge is 0.396 e. The monoisotopic (exact) mass is 233 g/mol. The molecule has 0 radical (unpaired) electrons. The number of rotatable bonds is 2. The molecule has 88 valence electrons. The number of halogens is 1. The predicted molar refractivity (Wildman–Crippen MR) is 63.1 cm³/mol. The van der Waals surface area contributed by atoms with Gasteiger partial charge in [0.05, 0.1) is 17.9 Å². The van der Waals surface area contributed by atoms with Crippen molar-refractivity contribution in [3.05, 3.63) is 57.8 Å². The van der Waals surface area contributed by atoms with Crippen LogP contribution in [0.5, 0.6) is 0 Å². The van der Waals surface area contributed by atoms with Crippen LogP contribution in [0.15, 0.2) is 35.1 Å². The average molecular weight is 233 g/mol. The van der Waals surface area contributed by atoms with Crippen LogP contribution in [0.1, 0.15) is 11.3 Å². The number of aryl methyl sites for hydroxylation is 1. The first kappa shape index (κ1) is 11.3. The highest BCUT2D eigenvalue weighted by molar-refractivity contribution is 5.42. The first-order valence-electron chi connectivity index (χ1n) is 5.15. The summed E-state index contributed by atoms with van der Waals surface area (Å²) < 4.78 is 14.9. The minimum atomic E-state index is -0.497. The molecule has 0 saturated heterocycles. The maximum Gasteiger partial charge on any atom is 0.267 e. The topological polar surface area (TPSA) is 60.9 Å².